The van der Waals surface area contributed by atoms with Crippen LogP contribution in [0.2, 0.25) is 0 Å². The molecule has 1 aromatic rings. The van der Waals surface area contributed by atoms with Crippen LogP contribution in [-0.2, 0) is 4.79 Å². The van der Waals surface area contributed by atoms with E-state index >= 15 is 0 Å². The molecule has 1 unspecified atom stereocenters. The summed E-state index contributed by atoms with van der Waals surface area (Å²) in [5.41, 5.74) is 0.252. The Labute approximate surface area is 148 Å². The lowest BCUT2D eigenvalue weighted by Gasteiger charge is -2.20. The Kier molecular flexibility index (Phi) is 8.04. The molecule has 2 N–H and O–H groups in total. The number of carboxylic acid groups (broad SMARTS) is 1. The van der Waals surface area contributed by atoms with Gasteiger partial charge in [0.25, 0.3) is 5.91 Å². The SMILES string of the molecule is CCOc1cc(C(=O)NC(C(=O)O)C(C)C)cc(OCC)c1OCC. The molecule has 0 bridgehead atoms. The molecule has 1 rings (SSSR count). The van der Waals surface area contributed by atoms with Gasteiger partial charge in [0, 0.05) is 5.56 Å². The topological polar surface area (TPSA) is 94.1 Å². The van der Waals surface area contributed by atoms with Crippen LogP contribution >= 0.6 is 0 Å². The van der Waals surface area contributed by atoms with Crippen LogP contribution in [0.3, 0.4) is 0 Å². The first-order valence-corrected chi connectivity index (χ1v) is 8.45. The van der Waals surface area contributed by atoms with E-state index in [4.69, 9.17) is 14.2 Å². The normalized spacial score (nSPS) is 11.8. The first kappa shape index (κ1) is 20.6. The molecule has 0 aromatic heterocycles. The van der Waals surface area contributed by atoms with Crippen LogP contribution in [0, 0.1) is 5.92 Å². The number of benzene rings is 1. The molecule has 7 heteroatoms. The van der Waals surface area contributed by atoms with Gasteiger partial charge in [0.1, 0.15) is 6.04 Å². The highest BCUT2D eigenvalue weighted by molar-refractivity contribution is 5.97. The smallest absolute Gasteiger partial charge is 0.326 e. The van der Waals surface area contributed by atoms with Crippen molar-refractivity contribution in [3.63, 3.8) is 0 Å². The molecular weight excluding hydrogens is 326 g/mol. The van der Waals surface area contributed by atoms with Gasteiger partial charge in [0.15, 0.2) is 11.5 Å². The second-order valence-electron chi connectivity index (χ2n) is 5.63. The number of hydrogen-bond donors (Lipinski definition) is 2. The maximum absolute atomic E-state index is 12.5. The lowest BCUT2D eigenvalue weighted by molar-refractivity contribution is -0.140. The van der Waals surface area contributed by atoms with Crippen LogP contribution in [0.25, 0.3) is 0 Å². The minimum atomic E-state index is -1.08. The summed E-state index contributed by atoms with van der Waals surface area (Å²) >= 11 is 0. The van der Waals surface area contributed by atoms with Crippen LogP contribution in [0.5, 0.6) is 17.2 Å². The van der Waals surface area contributed by atoms with Crippen molar-refractivity contribution in [2.24, 2.45) is 5.92 Å². The quantitative estimate of drug-likeness (QED) is 0.672. The fourth-order valence-corrected chi connectivity index (χ4v) is 2.26. The van der Waals surface area contributed by atoms with E-state index in [-0.39, 0.29) is 11.5 Å². The second kappa shape index (κ2) is 9.76. The van der Waals surface area contributed by atoms with Gasteiger partial charge < -0.3 is 24.6 Å². The summed E-state index contributed by atoms with van der Waals surface area (Å²) in [6.07, 6.45) is 0. The third-order valence-corrected chi connectivity index (χ3v) is 3.39. The van der Waals surface area contributed by atoms with E-state index < -0.39 is 17.9 Å². The number of amides is 1. The zero-order valence-corrected chi connectivity index (χ0v) is 15.4. The van der Waals surface area contributed by atoms with E-state index in [0.717, 1.165) is 0 Å². The summed E-state index contributed by atoms with van der Waals surface area (Å²) < 4.78 is 16.7. The Bertz CT molecular complexity index is 572. The molecule has 0 spiro atoms. The van der Waals surface area contributed by atoms with E-state index in [1.54, 1.807) is 13.8 Å². The fourth-order valence-electron chi connectivity index (χ4n) is 2.26. The molecule has 1 amide bonds. The Morgan fingerprint density at radius 3 is 1.84 bits per heavy atom. The van der Waals surface area contributed by atoms with Crippen molar-refractivity contribution in [1.82, 2.24) is 5.32 Å². The molecule has 140 valence electrons. The van der Waals surface area contributed by atoms with E-state index in [1.807, 2.05) is 20.8 Å². The fraction of sp³-hybridized carbons (Fsp3) is 0.556. The lowest BCUT2D eigenvalue weighted by atomic mass is 10.0. The van der Waals surface area contributed by atoms with Gasteiger partial charge in [-0.25, -0.2) is 4.79 Å². The second-order valence-corrected chi connectivity index (χ2v) is 5.63. The van der Waals surface area contributed by atoms with Gasteiger partial charge in [-0.2, -0.15) is 0 Å². The summed E-state index contributed by atoms with van der Waals surface area (Å²) in [6, 6.07) is 2.09. The van der Waals surface area contributed by atoms with E-state index in [9.17, 15) is 14.7 Å². The molecule has 0 saturated carbocycles. The first-order valence-electron chi connectivity index (χ1n) is 8.45. The number of aliphatic carboxylic acids is 1. The van der Waals surface area contributed by atoms with Gasteiger partial charge in [-0.1, -0.05) is 13.8 Å². The van der Waals surface area contributed by atoms with Crippen molar-refractivity contribution in [2.45, 2.75) is 40.7 Å². The molecule has 0 aliphatic heterocycles. The predicted octanol–water partition coefficient (Wildman–Crippen LogP) is 2.72. The Morgan fingerprint density at radius 2 is 1.48 bits per heavy atom. The highest BCUT2D eigenvalue weighted by Crippen LogP contribution is 2.39. The zero-order valence-electron chi connectivity index (χ0n) is 15.4. The summed E-state index contributed by atoms with van der Waals surface area (Å²) in [5.74, 6) is -0.632. The molecule has 1 atom stereocenters. The van der Waals surface area contributed by atoms with Crippen molar-refractivity contribution in [3.8, 4) is 17.2 Å². The number of nitrogens with one attached hydrogen (secondary N) is 1. The lowest BCUT2D eigenvalue weighted by Crippen LogP contribution is -2.44. The molecular formula is C18H27NO6. The summed E-state index contributed by atoms with van der Waals surface area (Å²) in [4.78, 5) is 23.8. The summed E-state index contributed by atoms with van der Waals surface area (Å²) in [6.45, 7) is 10.1. The molecule has 25 heavy (non-hydrogen) atoms. The van der Waals surface area contributed by atoms with Crippen LogP contribution in [-0.4, -0.2) is 42.8 Å². The maximum Gasteiger partial charge on any atom is 0.326 e. The molecule has 1 aromatic carbocycles. The van der Waals surface area contributed by atoms with Crippen molar-refractivity contribution < 1.29 is 28.9 Å². The van der Waals surface area contributed by atoms with Gasteiger partial charge in [-0.3, -0.25) is 4.79 Å². The Balaban J connectivity index is 3.25. The number of ether oxygens (including phenoxy) is 3. The van der Waals surface area contributed by atoms with Gasteiger partial charge >= 0.3 is 5.97 Å². The third kappa shape index (κ3) is 5.55. The van der Waals surface area contributed by atoms with Crippen molar-refractivity contribution >= 4 is 11.9 Å². The first-order chi connectivity index (χ1) is 11.8. The minimum Gasteiger partial charge on any atom is -0.490 e. The minimum absolute atomic E-state index is 0.248. The third-order valence-electron chi connectivity index (χ3n) is 3.39. The largest absolute Gasteiger partial charge is 0.490 e. The number of rotatable bonds is 10. The average Bonchev–Trinajstić information content (AvgIpc) is 2.54. The number of hydrogen-bond acceptors (Lipinski definition) is 5. The molecule has 0 heterocycles. The number of carboxylic acids is 1. The van der Waals surface area contributed by atoms with E-state index in [0.29, 0.717) is 37.1 Å². The maximum atomic E-state index is 12.5. The molecule has 0 radical (unpaired) electrons. The van der Waals surface area contributed by atoms with E-state index in [2.05, 4.69) is 5.32 Å². The molecule has 7 nitrogen and oxygen atoms in total. The molecule has 0 aliphatic rings. The highest BCUT2D eigenvalue weighted by Gasteiger charge is 2.25. The monoisotopic (exact) mass is 353 g/mol. The molecule has 0 saturated heterocycles. The molecule has 0 aliphatic carbocycles. The Morgan fingerprint density at radius 1 is 1.00 bits per heavy atom. The number of carbonyl (C=O) groups excluding carboxylic acids is 1. The average molecular weight is 353 g/mol. The predicted molar refractivity (Wildman–Crippen MR) is 93.7 cm³/mol. The van der Waals surface area contributed by atoms with Gasteiger partial charge in [-0.05, 0) is 38.8 Å². The zero-order chi connectivity index (χ0) is 19.0. The summed E-state index contributed by atoms with van der Waals surface area (Å²) in [7, 11) is 0. The standard InChI is InChI=1S/C18H27NO6/c1-6-23-13-9-12(10-14(24-7-2)16(13)25-8-3)17(20)19-15(11(4)5)18(21)22/h9-11,15H,6-8H2,1-5H3,(H,19,20)(H,21,22). The van der Waals surface area contributed by atoms with Crippen molar-refractivity contribution in [1.29, 1.82) is 0 Å². The Hall–Kier alpha value is -2.44. The van der Waals surface area contributed by atoms with E-state index in [1.165, 1.54) is 12.1 Å². The summed E-state index contributed by atoms with van der Waals surface area (Å²) in [5, 5.41) is 11.8. The van der Waals surface area contributed by atoms with Crippen molar-refractivity contribution in [3.05, 3.63) is 17.7 Å². The van der Waals surface area contributed by atoms with Crippen LogP contribution in [0.15, 0.2) is 12.1 Å². The number of carbonyl (C=O) groups is 2. The van der Waals surface area contributed by atoms with Crippen LogP contribution in [0.4, 0.5) is 0 Å². The molecule has 0 fully saturated rings. The van der Waals surface area contributed by atoms with Crippen LogP contribution < -0.4 is 19.5 Å². The van der Waals surface area contributed by atoms with Crippen molar-refractivity contribution in [2.75, 3.05) is 19.8 Å². The van der Waals surface area contributed by atoms with Gasteiger partial charge in [0.05, 0.1) is 19.8 Å². The van der Waals surface area contributed by atoms with Gasteiger partial charge in [-0.15, -0.1) is 0 Å². The highest BCUT2D eigenvalue weighted by atomic mass is 16.5. The van der Waals surface area contributed by atoms with Gasteiger partial charge in [0.2, 0.25) is 5.75 Å². The van der Waals surface area contributed by atoms with Crippen LogP contribution in [0.1, 0.15) is 45.0 Å².